The molecular formula is C17H21N3O2. The highest BCUT2D eigenvalue weighted by atomic mass is 16.1. The molecule has 1 aliphatic carbocycles. The third-order valence-corrected chi connectivity index (χ3v) is 5.53. The Bertz CT molecular complexity index is 659. The van der Waals surface area contributed by atoms with Crippen LogP contribution in [0.25, 0.3) is 0 Å². The minimum atomic E-state index is -0.492. The fourth-order valence-corrected chi connectivity index (χ4v) is 4.42. The average Bonchev–Trinajstić information content (AvgIpc) is 2.76. The molecule has 0 bridgehead atoms. The fourth-order valence-electron chi connectivity index (χ4n) is 4.42. The second-order valence-electron chi connectivity index (χ2n) is 6.79. The molecule has 2 saturated heterocycles. The second kappa shape index (κ2) is 4.72. The SMILES string of the molecule is CCN1CC23Cc4ccccc4C(=O)CC2(CC(=O)CN3)N1. The van der Waals surface area contributed by atoms with E-state index in [1.54, 1.807) is 0 Å². The number of Topliss-reactive ketones (excluding diaryl/α,β-unsaturated/α-hetero) is 2. The molecule has 2 fully saturated rings. The summed E-state index contributed by atoms with van der Waals surface area (Å²) < 4.78 is 0. The van der Waals surface area contributed by atoms with Gasteiger partial charge in [0.15, 0.2) is 5.78 Å². The van der Waals surface area contributed by atoms with Gasteiger partial charge in [0.1, 0.15) is 5.78 Å². The number of carbonyl (C=O) groups is 2. The zero-order valence-electron chi connectivity index (χ0n) is 12.8. The summed E-state index contributed by atoms with van der Waals surface area (Å²) in [5.74, 6) is 0.319. The van der Waals surface area contributed by atoms with Crippen molar-refractivity contribution in [3.8, 4) is 0 Å². The van der Waals surface area contributed by atoms with Crippen LogP contribution in [0.15, 0.2) is 24.3 Å². The minimum absolute atomic E-state index is 0.138. The maximum absolute atomic E-state index is 12.8. The molecule has 0 aromatic heterocycles. The molecule has 0 spiro atoms. The molecule has 3 aliphatic rings. The van der Waals surface area contributed by atoms with E-state index >= 15 is 0 Å². The number of fused-ring (bicyclic) bond motifs is 1. The summed E-state index contributed by atoms with van der Waals surface area (Å²) in [6.45, 7) is 4.17. The number of piperidine rings is 1. The predicted octanol–water partition coefficient (Wildman–Crippen LogP) is 0.696. The molecule has 4 rings (SSSR count). The summed E-state index contributed by atoms with van der Waals surface area (Å²) >= 11 is 0. The van der Waals surface area contributed by atoms with Gasteiger partial charge in [0.2, 0.25) is 0 Å². The highest BCUT2D eigenvalue weighted by Gasteiger charge is 2.61. The lowest BCUT2D eigenvalue weighted by atomic mass is 9.68. The first-order valence-corrected chi connectivity index (χ1v) is 7.98. The lowest BCUT2D eigenvalue weighted by Gasteiger charge is -2.47. The lowest BCUT2D eigenvalue weighted by molar-refractivity contribution is -0.123. The van der Waals surface area contributed by atoms with E-state index in [1.165, 1.54) is 0 Å². The molecule has 2 atom stereocenters. The molecule has 0 amide bonds. The number of hydrogen-bond donors (Lipinski definition) is 2. The molecule has 2 N–H and O–H groups in total. The first-order valence-electron chi connectivity index (χ1n) is 7.98. The quantitative estimate of drug-likeness (QED) is 0.799. The van der Waals surface area contributed by atoms with Crippen molar-refractivity contribution in [2.75, 3.05) is 19.6 Å². The lowest BCUT2D eigenvalue weighted by Crippen LogP contribution is -2.71. The summed E-state index contributed by atoms with van der Waals surface area (Å²) in [6.07, 6.45) is 1.58. The number of ketones is 2. The summed E-state index contributed by atoms with van der Waals surface area (Å²) in [7, 11) is 0. The van der Waals surface area contributed by atoms with E-state index in [0.29, 0.717) is 19.4 Å². The van der Waals surface area contributed by atoms with Crippen molar-refractivity contribution in [1.82, 2.24) is 15.8 Å². The Labute approximate surface area is 130 Å². The Hall–Kier alpha value is -1.56. The Balaban J connectivity index is 1.86. The highest BCUT2D eigenvalue weighted by Crippen LogP contribution is 2.43. The van der Waals surface area contributed by atoms with Crippen molar-refractivity contribution >= 4 is 11.6 Å². The molecule has 116 valence electrons. The van der Waals surface area contributed by atoms with Crippen LogP contribution in [0.1, 0.15) is 35.7 Å². The molecule has 2 heterocycles. The monoisotopic (exact) mass is 299 g/mol. The van der Waals surface area contributed by atoms with Gasteiger partial charge in [-0.3, -0.25) is 9.59 Å². The van der Waals surface area contributed by atoms with E-state index in [-0.39, 0.29) is 17.1 Å². The summed E-state index contributed by atoms with van der Waals surface area (Å²) in [4.78, 5) is 24.9. The minimum Gasteiger partial charge on any atom is -0.301 e. The Morgan fingerprint density at radius 3 is 2.77 bits per heavy atom. The smallest absolute Gasteiger partial charge is 0.165 e. The third-order valence-electron chi connectivity index (χ3n) is 5.53. The standard InChI is InChI=1S/C17H21N3O2/c1-2-20-11-17-7-12-5-3-4-6-14(12)15(22)9-16(17,19-20)8-13(21)10-18-17/h3-6,18-19H,2,7-11H2,1H3. The van der Waals surface area contributed by atoms with Crippen molar-refractivity contribution < 1.29 is 9.59 Å². The van der Waals surface area contributed by atoms with Gasteiger partial charge >= 0.3 is 0 Å². The Morgan fingerprint density at radius 2 is 1.95 bits per heavy atom. The maximum atomic E-state index is 12.8. The van der Waals surface area contributed by atoms with Crippen LogP contribution >= 0.6 is 0 Å². The molecule has 0 saturated carbocycles. The number of rotatable bonds is 1. The fraction of sp³-hybridized carbons (Fsp3) is 0.529. The predicted molar refractivity (Wildman–Crippen MR) is 82.6 cm³/mol. The molecule has 5 heteroatoms. The van der Waals surface area contributed by atoms with E-state index in [2.05, 4.69) is 22.7 Å². The summed E-state index contributed by atoms with van der Waals surface area (Å²) in [5, 5.41) is 5.64. The highest BCUT2D eigenvalue weighted by molar-refractivity contribution is 6.00. The van der Waals surface area contributed by atoms with Gasteiger partial charge in [0.25, 0.3) is 0 Å². The topological polar surface area (TPSA) is 61.4 Å². The van der Waals surface area contributed by atoms with Crippen molar-refractivity contribution in [1.29, 1.82) is 0 Å². The molecule has 22 heavy (non-hydrogen) atoms. The summed E-state index contributed by atoms with van der Waals surface area (Å²) in [5.41, 5.74) is 4.68. The van der Waals surface area contributed by atoms with Gasteiger partial charge in [0, 0.05) is 31.5 Å². The van der Waals surface area contributed by atoms with Crippen LogP contribution in [0.4, 0.5) is 0 Å². The summed E-state index contributed by atoms with van der Waals surface area (Å²) in [6, 6.07) is 7.87. The number of carbonyl (C=O) groups excluding carboxylic acids is 2. The van der Waals surface area contributed by atoms with Crippen LogP contribution in [0.3, 0.4) is 0 Å². The van der Waals surface area contributed by atoms with E-state index in [9.17, 15) is 9.59 Å². The van der Waals surface area contributed by atoms with Gasteiger partial charge in [-0.1, -0.05) is 31.2 Å². The normalized spacial score (nSPS) is 34.8. The van der Waals surface area contributed by atoms with Crippen molar-refractivity contribution in [2.24, 2.45) is 0 Å². The van der Waals surface area contributed by atoms with Gasteiger partial charge in [-0.2, -0.15) is 0 Å². The van der Waals surface area contributed by atoms with Gasteiger partial charge in [-0.25, -0.2) is 10.4 Å². The molecule has 0 radical (unpaired) electrons. The number of hydrogen-bond acceptors (Lipinski definition) is 5. The van der Waals surface area contributed by atoms with Crippen LogP contribution in [-0.4, -0.2) is 47.3 Å². The van der Waals surface area contributed by atoms with Crippen LogP contribution in [0.2, 0.25) is 0 Å². The Morgan fingerprint density at radius 1 is 1.14 bits per heavy atom. The largest absolute Gasteiger partial charge is 0.301 e. The maximum Gasteiger partial charge on any atom is 0.165 e. The van der Waals surface area contributed by atoms with Gasteiger partial charge in [0.05, 0.1) is 17.6 Å². The number of hydrazine groups is 1. The number of nitrogens with one attached hydrogen (secondary N) is 2. The van der Waals surface area contributed by atoms with Gasteiger partial charge in [-0.05, 0) is 12.0 Å². The van der Waals surface area contributed by atoms with Crippen LogP contribution < -0.4 is 10.7 Å². The van der Waals surface area contributed by atoms with E-state index in [4.69, 9.17) is 0 Å². The number of nitrogens with zero attached hydrogens (tertiary/aromatic N) is 1. The molecule has 1 aromatic rings. The molecule has 1 aromatic carbocycles. The molecule has 5 nitrogen and oxygen atoms in total. The first kappa shape index (κ1) is 14.1. The molecular weight excluding hydrogens is 278 g/mol. The van der Waals surface area contributed by atoms with Crippen molar-refractivity contribution in [3.05, 3.63) is 35.4 Å². The zero-order valence-corrected chi connectivity index (χ0v) is 12.8. The third kappa shape index (κ3) is 1.82. The van der Waals surface area contributed by atoms with Crippen molar-refractivity contribution in [2.45, 2.75) is 37.3 Å². The Kier molecular flexibility index (Phi) is 3.01. The van der Waals surface area contributed by atoms with Crippen LogP contribution in [0, 0.1) is 0 Å². The second-order valence-corrected chi connectivity index (χ2v) is 6.79. The van der Waals surface area contributed by atoms with Gasteiger partial charge in [-0.15, -0.1) is 0 Å². The van der Waals surface area contributed by atoms with Crippen LogP contribution in [0.5, 0.6) is 0 Å². The van der Waals surface area contributed by atoms with Crippen LogP contribution in [-0.2, 0) is 11.2 Å². The van der Waals surface area contributed by atoms with E-state index < -0.39 is 5.54 Å². The molecule has 2 unspecified atom stereocenters. The molecule has 2 aliphatic heterocycles. The van der Waals surface area contributed by atoms with Gasteiger partial charge < -0.3 is 5.32 Å². The van der Waals surface area contributed by atoms with E-state index in [0.717, 1.165) is 30.6 Å². The number of likely N-dealkylation sites (N-methyl/N-ethyl adjacent to an activating group) is 1. The number of benzene rings is 1. The first-order chi connectivity index (χ1) is 10.6. The van der Waals surface area contributed by atoms with Crippen molar-refractivity contribution in [3.63, 3.8) is 0 Å². The average molecular weight is 299 g/mol. The van der Waals surface area contributed by atoms with E-state index in [1.807, 2.05) is 24.3 Å². The zero-order chi connectivity index (χ0) is 15.4.